The number of likely N-dealkylation sites (N-methyl/N-ethyl adjacent to an activating group) is 1. The molecule has 1 rings (SSSR count). The Hall–Kier alpha value is -0.320. The summed E-state index contributed by atoms with van der Waals surface area (Å²) in [7, 11) is 1.75. The molecular weight excluding hydrogens is 204 g/mol. The third kappa shape index (κ3) is 3.82. The summed E-state index contributed by atoms with van der Waals surface area (Å²) in [5.41, 5.74) is 0. The molecule has 2 N–H and O–H groups in total. The van der Waals surface area contributed by atoms with E-state index in [0.29, 0.717) is 6.54 Å². The van der Waals surface area contributed by atoms with Crippen molar-refractivity contribution in [3.05, 3.63) is 0 Å². The van der Waals surface area contributed by atoms with Crippen LogP contribution in [0.25, 0.3) is 0 Å². The van der Waals surface area contributed by atoms with Gasteiger partial charge in [0.1, 0.15) is 0 Å². The highest BCUT2D eigenvalue weighted by Crippen LogP contribution is 2.13. The van der Waals surface area contributed by atoms with Crippen LogP contribution in [0.4, 0.5) is 0 Å². The Morgan fingerprint density at radius 1 is 1.50 bits per heavy atom. The van der Waals surface area contributed by atoms with E-state index < -0.39 is 0 Å². The highest BCUT2D eigenvalue weighted by atomic mass is 35.5. The van der Waals surface area contributed by atoms with Crippen LogP contribution < -0.4 is 5.32 Å². The number of nitrogens with zero attached hydrogens (tertiary/aromatic N) is 1. The molecule has 0 aliphatic carbocycles. The van der Waals surface area contributed by atoms with Gasteiger partial charge < -0.3 is 15.3 Å². The van der Waals surface area contributed by atoms with Crippen LogP contribution in [0.5, 0.6) is 0 Å². The molecule has 0 unspecified atom stereocenters. The smallest absolute Gasteiger partial charge is 0.225 e. The zero-order valence-electron chi connectivity index (χ0n) is 8.53. The van der Waals surface area contributed by atoms with E-state index in [1.165, 1.54) is 0 Å². The van der Waals surface area contributed by atoms with Crippen LogP contribution in [0.15, 0.2) is 0 Å². The van der Waals surface area contributed by atoms with Crippen molar-refractivity contribution in [3.8, 4) is 0 Å². The van der Waals surface area contributed by atoms with Crippen LogP contribution in [0, 0.1) is 5.92 Å². The van der Waals surface area contributed by atoms with Crippen molar-refractivity contribution in [2.24, 2.45) is 5.92 Å². The lowest BCUT2D eigenvalue weighted by Crippen LogP contribution is -2.40. The van der Waals surface area contributed by atoms with Crippen LogP contribution in [0.2, 0.25) is 0 Å². The van der Waals surface area contributed by atoms with Crippen LogP contribution in [-0.4, -0.2) is 49.2 Å². The van der Waals surface area contributed by atoms with Gasteiger partial charge in [-0.15, -0.1) is 12.4 Å². The molecule has 1 heterocycles. The van der Waals surface area contributed by atoms with Crippen LogP contribution in [-0.2, 0) is 4.79 Å². The maximum atomic E-state index is 11.7. The predicted molar refractivity (Wildman–Crippen MR) is 57.6 cm³/mol. The van der Waals surface area contributed by atoms with Gasteiger partial charge in [-0.25, -0.2) is 0 Å². The summed E-state index contributed by atoms with van der Waals surface area (Å²) in [6, 6.07) is 0. The number of aliphatic hydroxyl groups excluding tert-OH is 1. The van der Waals surface area contributed by atoms with Crippen molar-refractivity contribution in [2.45, 2.75) is 12.8 Å². The van der Waals surface area contributed by atoms with E-state index >= 15 is 0 Å². The highest BCUT2D eigenvalue weighted by molar-refractivity contribution is 5.85. The van der Waals surface area contributed by atoms with Gasteiger partial charge in [0.25, 0.3) is 0 Å². The van der Waals surface area contributed by atoms with E-state index in [-0.39, 0.29) is 30.8 Å². The van der Waals surface area contributed by atoms with Gasteiger partial charge in [0.05, 0.1) is 6.61 Å². The minimum absolute atomic E-state index is 0. The summed E-state index contributed by atoms with van der Waals surface area (Å²) in [4.78, 5) is 13.3. The monoisotopic (exact) mass is 222 g/mol. The fraction of sp³-hybridized carbons (Fsp3) is 0.889. The molecule has 0 aromatic heterocycles. The van der Waals surface area contributed by atoms with Crippen molar-refractivity contribution >= 4 is 18.3 Å². The molecule has 0 aromatic rings. The summed E-state index contributed by atoms with van der Waals surface area (Å²) in [6.45, 7) is 2.36. The topological polar surface area (TPSA) is 52.6 Å². The van der Waals surface area contributed by atoms with Crippen molar-refractivity contribution < 1.29 is 9.90 Å². The molecule has 1 saturated heterocycles. The van der Waals surface area contributed by atoms with Gasteiger partial charge >= 0.3 is 0 Å². The van der Waals surface area contributed by atoms with E-state index in [2.05, 4.69) is 5.32 Å². The SMILES string of the molecule is CN(CCO)C(=O)C1CCNCC1.Cl. The number of hydrogen-bond donors (Lipinski definition) is 2. The summed E-state index contributed by atoms with van der Waals surface area (Å²) in [6.07, 6.45) is 1.85. The number of hydrogen-bond acceptors (Lipinski definition) is 3. The third-order valence-electron chi connectivity index (χ3n) is 2.50. The molecule has 14 heavy (non-hydrogen) atoms. The number of carbonyl (C=O) groups is 1. The van der Waals surface area contributed by atoms with E-state index in [0.717, 1.165) is 25.9 Å². The number of amides is 1. The molecule has 1 amide bonds. The third-order valence-corrected chi connectivity index (χ3v) is 2.50. The zero-order valence-corrected chi connectivity index (χ0v) is 9.35. The zero-order chi connectivity index (χ0) is 9.68. The number of nitrogens with one attached hydrogen (secondary N) is 1. The first-order valence-corrected chi connectivity index (χ1v) is 4.82. The quantitative estimate of drug-likeness (QED) is 0.699. The minimum Gasteiger partial charge on any atom is -0.395 e. The van der Waals surface area contributed by atoms with Gasteiger partial charge in [-0.3, -0.25) is 4.79 Å². The Morgan fingerprint density at radius 2 is 2.07 bits per heavy atom. The van der Waals surface area contributed by atoms with E-state index in [9.17, 15) is 4.79 Å². The highest BCUT2D eigenvalue weighted by Gasteiger charge is 2.23. The van der Waals surface area contributed by atoms with E-state index in [1.807, 2.05) is 0 Å². The van der Waals surface area contributed by atoms with Gasteiger partial charge in [-0.2, -0.15) is 0 Å². The second kappa shape index (κ2) is 7.04. The number of piperidine rings is 1. The Balaban J connectivity index is 0.00000169. The summed E-state index contributed by atoms with van der Waals surface area (Å²) >= 11 is 0. The second-order valence-electron chi connectivity index (χ2n) is 3.51. The molecule has 0 spiro atoms. The number of halogens is 1. The minimum atomic E-state index is 0. The lowest BCUT2D eigenvalue weighted by Gasteiger charge is -2.26. The normalized spacial score (nSPS) is 17.3. The maximum absolute atomic E-state index is 11.7. The number of aliphatic hydroxyl groups is 1. The molecule has 0 atom stereocenters. The Morgan fingerprint density at radius 3 is 2.57 bits per heavy atom. The van der Waals surface area contributed by atoms with Crippen molar-refractivity contribution in [1.29, 1.82) is 0 Å². The van der Waals surface area contributed by atoms with Crippen molar-refractivity contribution in [2.75, 3.05) is 33.3 Å². The molecule has 1 aliphatic rings. The molecule has 4 nitrogen and oxygen atoms in total. The average molecular weight is 223 g/mol. The van der Waals surface area contributed by atoms with Gasteiger partial charge in [0, 0.05) is 19.5 Å². The molecule has 0 bridgehead atoms. The molecule has 5 heteroatoms. The van der Waals surface area contributed by atoms with Crippen LogP contribution in [0.1, 0.15) is 12.8 Å². The Labute approximate surface area is 91.1 Å². The van der Waals surface area contributed by atoms with Crippen molar-refractivity contribution in [3.63, 3.8) is 0 Å². The molecule has 0 aromatic carbocycles. The molecular formula is C9H19ClN2O2. The number of carbonyl (C=O) groups excluding carboxylic acids is 1. The predicted octanol–water partition coefficient (Wildman–Crippen LogP) is -0.142. The average Bonchev–Trinajstić information content (AvgIpc) is 2.18. The molecule has 1 fully saturated rings. The van der Waals surface area contributed by atoms with Gasteiger partial charge in [0.15, 0.2) is 0 Å². The van der Waals surface area contributed by atoms with Crippen LogP contribution >= 0.6 is 12.4 Å². The fourth-order valence-corrected chi connectivity index (χ4v) is 1.64. The summed E-state index contributed by atoms with van der Waals surface area (Å²) < 4.78 is 0. The summed E-state index contributed by atoms with van der Waals surface area (Å²) in [5, 5.41) is 11.9. The number of rotatable bonds is 3. The maximum Gasteiger partial charge on any atom is 0.225 e. The van der Waals surface area contributed by atoms with Crippen LogP contribution in [0.3, 0.4) is 0 Å². The molecule has 1 aliphatic heterocycles. The summed E-state index contributed by atoms with van der Waals surface area (Å²) in [5.74, 6) is 0.341. The van der Waals surface area contributed by atoms with Gasteiger partial charge in [-0.1, -0.05) is 0 Å². The fourth-order valence-electron chi connectivity index (χ4n) is 1.64. The lowest BCUT2D eigenvalue weighted by atomic mass is 9.97. The van der Waals surface area contributed by atoms with E-state index in [1.54, 1.807) is 11.9 Å². The first-order chi connectivity index (χ1) is 6.25. The van der Waals surface area contributed by atoms with E-state index in [4.69, 9.17) is 5.11 Å². The van der Waals surface area contributed by atoms with Crippen molar-refractivity contribution in [1.82, 2.24) is 10.2 Å². The first-order valence-electron chi connectivity index (χ1n) is 4.82. The van der Waals surface area contributed by atoms with Gasteiger partial charge in [0.2, 0.25) is 5.91 Å². The lowest BCUT2D eigenvalue weighted by molar-refractivity contribution is -0.135. The first kappa shape index (κ1) is 13.7. The largest absolute Gasteiger partial charge is 0.395 e. The second-order valence-corrected chi connectivity index (χ2v) is 3.51. The standard InChI is InChI=1S/C9H18N2O2.ClH/c1-11(6-7-12)9(13)8-2-4-10-5-3-8;/h8,10,12H,2-7H2,1H3;1H. The molecule has 0 radical (unpaired) electrons. The Bertz CT molecular complexity index is 172. The Kier molecular flexibility index (Phi) is 6.87. The molecule has 84 valence electrons. The molecule has 0 saturated carbocycles. The van der Waals surface area contributed by atoms with Gasteiger partial charge in [-0.05, 0) is 25.9 Å².